The minimum absolute atomic E-state index is 0.0349. The summed E-state index contributed by atoms with van der Waals surface area (Å²) < 4.78 is 58.5. The molecule has 0 bridgehead atoms. The molecule has 0 saturated carbocycles. The van der Waals surface area contributed by atoms with Crippen molar-refractivity contribution in [3.63, 3.8) is 0 Å². The van der Waals surface area contributed by atoms with E-state index in [2.05, 4.69) is 30.2 Å². The summed E-state index contributed by atoms with van der Waals surface area (Å²) in [6.45, 7) is 3.88. The number of aliphatic hydroxyl groups excluding tert-OH is 3. The van der Waals surface area contributed by atoms with Gasteiger partial charge in [0.15, 0.2) is 6.29 Å². The molecule has 0 radical (unpaired) electrons. The fraction of sp³-hybridized carbons (Fsp3) is 0.917. The molecular weight excluding hydrogens is 656 g/mol. The van der Waals surface area contributed by atoms with Gasteiger partial charge in [0.2, 0.25) is 0 Å². The molecule has 0 aliphatic carbocycles. The SMILES string of the molecule is CCCCCCCC/C=C\CCCCCCCCOCC(COC1OC(CO)C(O)C(OS(=O)(=O)O)C1O)OC(=O)CCCCCCCC. The lowest BCUT2D eigenvalue weighted by atomic mass is 9.99. The fourth-order valence-electron chi connectivity index (χ4n) is 5.72. The van der Waals surface area contributed by atoms with Crippen molar-refractivity contribution in [3.8, 4) is 0 Å². The monoisotopic (exact) mass is 724 g/mol. The van der Waals surface area contributed by atoms with E-state index in [0.29, 0.717) is 13.0 Å². The maximum Gasteiger partial charge on any atom is 0.397 e. The van der Waals surface area contributed by atoms with Crippen LogP contribution in [0.4, 0.5) is 0 Å². The van der Waals surface area contributed by atoms with E-state index < -0.39 is 59.8 Å². The minimum atomic E-state index is -5.05. The number of hydrogen-bond donors (Lipinski definition) is 4. The first-order valence-electron chi connectivity index (χ1n) is 18.9. The first-order valence-corrected chi connectivity index (χ1v) is 20.3. The van der Waals surface area contributed by atoms with E-state index in [1.54, 1.807) is 0 Å². The van der Waals surface area contributed by atoms with Gasteiger partial charge in [-0.25, -0.2) is 4.18 Å². The van der Waals surface area contributed by atoms with Crippen molar-refractivity contribution < 1.29 is 56.2 Å². The van der Waals surface area contributed by atoms with Gasteiger partial charge in [-0.2, -0.15) is 8.42 Å². The van der Waals surface area contributed by atoms with Gasteiger partial charge in [-0.15, -0.1) is 0 Å². The van der Waals surface area contributed by atoms with Crippen molar-refractivity contribution in [2.24, 2.45) is 0 Å². The Labute approximate surface area is 296 Å². The number of hydrogen-bond acceptors (Lipinski definition) is 11. The van der Waals surface area contributed by atoms with Crippen molar-refractivity contribution in [1.29, 1.82) is 0 Å². The third kappa shape index (κ3) is 23.8. The highest BCUT2D eigenvalue weighted by molar-refractivity contribution is 7.80. The summed E-state index contributed by atoms with van der Waals surface area (Å²) in [5.41, 5.74) is 0. The fourth-order valence-corrected chi connectivity index (χ4v) is 6.23. The molecular formula is C36H68O12S. The number of allylic oxidation sites excluding steroid dienone is 2. The van der Waals surface area contributed by atoms with Crippen LogP contribution in [0.25, 0.3) is 0 Å². The van der Waals surface area contributed by atoms with Crippen molar-refractivity contribution in [2.75, 3.05) is 26.4 Å². The van der Waals surface area contributed by atoms with Crippen LogP contribution in [0.2, 0.25) is 0 Å². The number of carbonyl (C=O) groups is 1. The minimum Gasteiger partial charge on any atom is -0.457 e. The molecule has 1 aliphatic heterocycles. The van der Waals surface area contributed by atoms with E-state index in [-0.39, 0.29) is 19.6 Å². The molecule has 0 aromatic heterocycles. The van der Waals surface area contributed by atoms with Crippen LogP contribution in [-0.2, 0) is 38.3 Å². The summed E-state index contributed by atoms with van der Waals surface area (Å²) >= 11 is 0. The van der Waals surface area contributed by atoms with Crippen LogP contribution in [0.5, 0.6) is 0 Å². The average molecular weight is 725 g/mol. The Kier molecular flexibility index (Phi) is 27.5. The second-order valence-electron chi connectivity index (χ2n) is 13.2. The molecule has 1 saturated heterocycles. The second-order valence-corrected chi connectivity index (χ2v) is 14.2. The Morgan fingerprint density at radius 3 is 1.84 bits per heavy atom. The van der Waals surface area contributed by atoms with E-state index in [1.807, 2.05) is 0 Å². The van der Waals surface area contributed by atoms with Crippen LogP contribution in [0.3, 0.4) is 0 Å². The van der Waals surface area contributed by atoms with Crippen LogP contribution >= 0.6 is 0 Å². The molecule has 1 fully saturated rings. The maximum atomic E-state index is 12.6. The van der Waals surface area contributed by atoms with Gasteiger partial charge in [0.1, 0.15) is 30.5 Å². The van der Waals surface area contributed by atoms with E-state index in [0.717, 1.165) is 57.8 Å². The quantitative estimate of drug-likeness (QED) is 0.0262. The number of esters is 1. The summed E-state index contributed by atoms with van der Waals surface area (Å²) in [4.78, 5) is 12.6. The third-order valence-corrected chi connectivity index (χ3v) is 9.10. The number of aliphatic hydroxyl groups is 3. The molecule has 6 unspecified atom stereocenters. The summed E-state index contributed by atoms with van der Waals surface area (Å²) in [5, 5.41) is 30.4. The zero-order valence-corrected chi connectivity index (χ0v) is 31.1. The Morgan fingerprint density at radius 1 is 0.755 bits per heavy atom. The van der Waals surface area contributed by atoms with Crippen LogP contribution in [0, 0.1) is 0 Å². The molecule has 1 aliphatic rings. The van der Waals surface area contributed by atoms with E-state index >= 15 is 0 Å². The van der Waals surface area contributed by atoms with Gasteiger partial charge >= 0.3 is 16.4 Å². The topological polar surface area (TPSA) is 178 Å². The number of unbranched alkanes of at least 4 members (excludes halogenated alkanes) is 17. The predicted octanol–water partition coefficient (Wildman–Crippen LogP) is 6.35. The molecule has 1 heterocycles. The number of rotatable bonds is 32. The third-order valence-electron chi connectivity index (χ3n) is 8.64. The Bertz CT molecular complexity index is 931. The van der Waals surface area contributed by atoms with Crippen molar-refractivity contribution in [2.45, 2.75) is 185 Å². The highest BCUT2D eigenvalue weighted by Crippen LogP contribution is 2.26. The molecule has 6 atom stereocenters. The maximum absolute atomic E-state index is 12.6. The largest absolute Gasteiger partial charge is 0.457 e. The Hall–Kier alpha value is -1.16. The lowest BCUT2D eigenvalue weighted by molar-refractivity contribution is -0.301. The molecule has 0 amide bonds. The van der Waals surface area contributed by atoms with Gasteiger partial charge in [0, 0.05) is 13.0 Å². The van der Waals surface area contributed by atoms with Gasteiger partial charge in [-0.3, -0.25) is 9.35 Å². The molecule has 1 rings (SSSR count). The summed E-state index contributed by atoms with van der Waals surface area (Å²) in [6.07, 6.45) is 18.6. The lowest BCUT2D eigenvalue weighted by Gasteiger charge is -2.41. The van der Waals surface area contributed by atoms with Crippen LogP contribution < -0.4 is 0 Å². The highest BCUT2D eigenvalue weighted by atomic mass is 32.3. The molecule has 13 heteroatoms. The van der Waals surface area contributed by atoms with Gasteiger partial charge < -0.3 is 34.3 Å². The highest BCUT2D eigenvalue weighted by Gasteiger charge is 2.48. The average Bonchev–Trinajstić information content (AvgIpc) is 3.06. The summed E-state index contributed by atoms with van der Waals surface area (Å²) in [6, 6.07) is 0. The molecule has 290 valence electrons. The predicted molar refractivity (Wildman–Crippen MR) is 188 cm³/mol. The van der Waals surface area contributed by atoms with Crippen LogP contribution in [-0.4, -0.2) is 97.5 Å². The van der Waals surface area contributed by atoms with Crippen LogP contribution in [0.1, 0.15) is 149 Å². The zero-order valence-electron chi connectivity index (χ0n) is 30.3. The van der Waals surface area contributed by atoms with E-state index in [4.69, 9.17) is 23.5 Å². The van der Waals surface area contributed by atoms with Crippen molar-refractivity contribution in [1.82, 2.24) is 0 Å². The Morgan fingerprint density at radius 2 is 1.29 bits per heavy atom. The number of carbonyl (C=O) groups excluding carboxylic acids is 1. The van der Waals surface area contributed by atoms with Crippen LogP contribution in [0.15, 0.2) is 12.2 Å². The first-order chi connectivity index (χ1) is 23.6. The smallest absolute Gasteiger partial charge is 0.397 e. The van der Waals surface area contributed by atoms with Crippen molar-refractivity contribution >= 4 is 16.4 Å². The molecule has 4 N–H and O–H groups in total. The molecule has 49 heavy (non-hydrogen) atoms. The zero-order chi connectivity index (χ0) is 36.2. The first kappa shape index (κ1) is 45.9. The second kappa shape index (κ2) is 29.4. The van der Waals surface area contributed by atoms with E-state index in [1.165, 1.54) is 64.2 Å². The van der Waals surface area contributed by atoms with Gasteiger partial charge in [-0.1, -0.05) is 116 Å². The van der Waals surface area contributed by atoms with Gasteiger partial charge in [0.25, 0.3) is 0 Å². The molecule has 0 spiro atoms. The molecule has 0 aromatic carbocycles. The van der Waals surface area contributed by atoms with Crippen molar-refractivity contribution in [3.05, 3.63) is 12.2 Å². The summed E-state index contributed by atoms with van der Waals surface area (Å²) in [7, 11) is -5.05. The Balaban J connectivity index is 2.44. The number of ether oxygens (including phenoxy) is 4. The molecule has 0 aromatic rings. The van der Waals surface area contributed by atoms with Gasteiger partial charge in [-0.05, 0) is 38.5 Å². The van der Waals surface area contributed by atoms with Gasteiger partial charge in [0.05, 0.1) is 19.8 Å². The molecule has 12 nitrogen and oxygen atoms in total. The normalized spacial score (nSPS) is 22.1. The lowest BCUT2D eigenvalue weighted by Crippen LogP contribution is -2.60. The standard InChI is InChI=1S/C36H68O12S/c1-3-5-7-9-11-12-13-14-15-16-17-18-19-20-22-24-26-44-28-30(46-32(38)25-23-21-10-8-6-4-2)29-45-36-34(40)35(48-49(41,42)43)33(39)31(27-37)47-36/h14-15,30-31,33-37,39-40H,3-13,16-29H2,1-2H3,(H,41,42,43)/b15-14-. The van der Waals surface area contributed by atoms with E-state index in [9.17, 15) is 28.5 Å². The summed E-state index contributed by atoms with van der Waals surface area (Å²) in [5.74, 6) is -0.411.